The first-order valence-electron chi connectivity index (χ1n) is 18.5. The first-order valence-corrected chi connectivity index (χ1v) is 23.5. The first kappa shape index (κ1) is 45.4. The molecule has 1 fully saturated rings. The van der Waals surface area contributed by atoms with Crippen LogP contribution in [0.3, 0.4) is 0 Å². The minimum Gasteiger partial charge on any atom is -0.423 e. The molecule has 4 aliphatic heterocycles. The van der Waals surface area contributed by atoms with E-state index in [0.717, 1.165) is 24.8 Å². The molecule has 0 saturated carbocycles. The molecule has 3 aromatic carbocycles. The third-order valence-corrected chi connectivity index (χ3v) is 13.7. The van der Waals surface area contributed by atoms with E-state index in [-0.39, 0.29) is 63.4 Å². The normalized spacial score (nSPS) is 19.4. The fourth-order valence-electron chi connectivity index (χ4n) is 6.88. The van der Waals surface area contributed by atoms with Crippen molar-refractivity contribution in [3.63, 3.8) is 0 Å². The lowest BCUT2D eigenvalue weighted by Crippen LogP contribution is -2.39. The lowest BCUT2D eigenvalue weighted by molar-refractivity contribution is -0.287. The minimum absolute atomic E-state index is 0.0155. The van der Waals surface area contributed by atoms with Crippen molar-refractivity contribution in [1.29, 1.82) is 0 Å². The van der Waals surface area contributed by atoms with Gasteiger partial charge in [0.1, 0.15) is 11.3 Å². The van der Waals surface area contributed by atoms with Crippen LogP contribution in [0, 0.1) is 6.92 Å². The summed E-state index contributed by atoms with van der Waals surface area (Å²) in [6, 6.07) is 14.7. The number of pyridine rings is 2. The quantitative estimate of drug-likeness (QED) is 0.118. The van der Waals surface area contributed by atoms with Crippen LogP contribution in [0.5, 0.6) is 34.5 Å². The van der Waals surface area contributed by atoms with Crippen molar-refractivity contribution in [2.75, 3.05) is 13.1 Å². The Bertz CT molecular complexity index is 3040. The molecule has 3 aromatic heterocycles. The Morgan fingerprint density at radius 3 is 1.91 bits per heavy atom. The van der Waals surface area contributed by atoms with Crippen molar-refractivity contribution in [3.05, 3.63) is 100 Å². The summed E-state index contributed by atoms with van der Waals surface area (Å²) in [6.07, 6.45) is -3.19. The van der Waals surface area contributed by atoms with Gasteiger partial charge in [0.2, 0.25) is 10.0 Å². The molecule has 1 atom stereocenters. The molecule has 1 unspecified atom stereocenters. The maximum absolute atomic E-state index is 13.4. The van der Waals surface area contributed by atoms with Crippen molar-refractivity contribution in [2.24, 2.45) is 0 Å². The van der Waals surface area contributed by atoms with Crippen molar-refractivity contribution >= 4 is 68.5 Å². The van der Waals surface area contributed by atoms with Gasteiger partial charge in [-0.25, -0.2) is 26.8 Å². The second-order valence-electron chi connectivity index (χ2n) is 14.2. The van der Waals surface area contributed by atoms with Crippen LogP contribution in [0.25, 0.3) is 22.6 Å². The number of aryl methyl sites for hydroxylation is 1. The number of nitrogens with zero attached hydrogens (tertiary/aromatic N) is 5. The van der Waals surface area contributed by atoms with Crippen LogP contribution in [0.2, 0.25) is 5.02 Å². The lowest BCUT2D eigenvalue weighted by Gasteiger charge is -2.32. The third-order valence-electron chi connectivity index (χ3n) is 9.63. The third kappa shape index (κ3) is 9.59. The predicted molar refractivity (Wildman–Crippen MR) is 221 cm³/mol. The Kier molecular flexibility index (Phi) is 11.8. The fraction of sp³-hybridized carbons (Fsp3) is 0.256. The summed E-state index contributed by atoms with van der Waals surface area (Å²) in [5.41, 5.74) is 2.94. The van der Waals surface area contributed by atoms with Gasteiger partial charge in [0.15, 0.2) is 40.1 Å². The molecule has 0 spiro atoms. The van der Waals surface area contributed by atoms with E-state index in [9.17, 15) is 38.8 Å². The molecule has 64 heavy (non-hydrogen) atoms. The molecular formula is C39H29BrCl2F5N5O10S2. The van der Waals surface area contributed by atoms with E-state index in [1.807, 2.05) is 23.6 Å². The van der Waals surface area contributed by atoms with Crippen LogP contribution in [0.4, 0.5) is 22.0 Å². The minimum atomic E-state index is -3.95. The predicted octanol–water partition coefficient (Wildman–Crippen LogP) is 9.60. The number of hydrogen-bond donors (Lipinski definition) is 0. The van der Waals surface area contributed by atoms with E-state index in [1.165, 1.54) is 40.7 Å². The molecule has 15 nitrogen and oxygen atoms in total. The second-order valence-corrected chi connectivity index (χ2v) is 20.0. The number of sulfonamides is 1. The average molecular weight is 1040 g/mol. The zero-order valence-corrected chi connectivity index (χ0v) is 37.4. The lowest BCUT2D eigenvalue weighted by atomic mass is 10.1. The van der Waals surface area contributed by atoms with Crippen LogP contribution in [0.1, 0.15) is 31.5 Å². The number of alkyl halides is 5. The van der Waals surface area contributed by atoms with Crippen LogP contribution < -0.4 is 28.4 Å². The van der Waals surface area contributed by atoms with E-state index in [4.69, 9.17) is 41.7 Å². The van der Waals surface area contributed by atoms with Crippen LogP contribution in [-0.2, 0) is 19.1 Å². The van der Waals surface area contributed by atoms with Gasteiger partial charge in [-0.05, 0) is 80.4 Å². The van der Waals surface area contributed by atoms with Gasteiger partial charge in [-0.1, -0.05) is 27.5 Å². The molecule has 338 valence electrons. The summed E-state index contributed by atoms with van der Waals surface area (Å²) in [4.78, 5) is 13.3. The van der Waals surface area contributed by atoms with Crippen molar-refractivity contribution in [1.82, 2.24) is 23.8 Å². The summed E-state index contributed by atoms with van der Waals surface area (Å²) in [7, 11) is -2.68. The molecular weight excluding hydrogens is 1010 g/mol. The van der Waals surface area contributed by atoms with Crippen LogP contribution in [-0.4, -0.2) is 72.4 Å². The van der Waals surface area contributed by atoms with Gasteiger partial charge >= 0.3 is 18.6 Å². The maximum Gasteiger partial charge on any atom is 0.586 e. The maximum atomic E-state index is 13.4. The molecule has 4 aliphatic rings. The number of rotatable bonds is 5. The summed E-state index contributed by atoms with van der Waals surface area (Å²) < 4.78 is 144. The SMILES string of the molecule is CC1(F)Oc2ccc(S(=O)(=O)Cl)cc2O1.Cc1ccc2nc(-c3ccncc3Cl)n(C3CCN(S(=O)(=O)c4ccc5c(c4)OC(F)(F)O5)CC3)c2n1.FC1(F)Oc2ccc(Br)cc2O1. The molecule has 0 aliphatic carbocycles. The van der Waals surface area contributed by atoms with Gasteiger partial charge in [-0.2, -0.15) is 8.70 Å². The van der Waals surface area contributed by atoms with E-state index in [1.54, 1.807) is 24.5 Å². The second kappa shape index (κ2) is 16.7. The van der Waals surface area contributed by atoms with Crippen molar-refractivity contribution in [2.45, 2.75) is 61.2 Å². The Labute approximate surface area is 378 Å². The standard InChI is InChI=1S/C24H20ClF2N5O4S.C8H6ClFO4S.C7H3BrF2O2/c1-14-2-4-19-23(29-14)32(22(30-19)17-6-9-28-13-18(17)25)15-7-10-31(11-8-15)37(33,34)16-3-5-20-21(12-16)36-24(26,27)35-20;1-8(10)13-6-3-2-5(15(9,11)12)4-7(6)14-8;8-4-1-2-5-6(3-4)12-7(9,10)11-5/h2-6,9,12-13,15H,7-8,10-11H2,1H3;2-4H,1H3;1-3H. The molecule has 0 N–H and O–H groups in total. The molecule has 10 rings (SSSR count). The van der Waals surface area contributed by atoms with E-state index < -0.39 is 37.7 Å². The van der Waals surface area contributed by atoms with Gasteiger partial charge in [0, 0.05) is 77.0 Å². The van der Waals surface area contributed by atoms with Gasteiger partial charge in [0.05, 0.1) is 14.8 Å². The molecule has 6 aromatic rings. The summed E-state index contributed by atoms with van der Waals surface area (Å²) >= 11 is 9.57. The highest BCUT2D eigenvalue weighted by molar-refractivity contribution is 9.10. The summed E-state index contributed by atoms with van der Waals surface area (Å²) in [5.74, 6) is 0.382. The number of piperidine rings is 1. The number of benzene rings is 3. The molecule has 0 amide bonds. The topological polar surface area (TPSA) is 170 Å². The fourth-order valence-corrected chi connectivity index (χ4v) is 9.68. The molecule has 7 heterocycles. The number of aromatic nitrogens is 4. The van der Waals surface area contributed by atoms with Gasteiger partial charge in [-0.15, -0.1) is 17.6 Å². The molecule has 25 heteroatoms. The molecule has 0 radical (unpaired) electrons. The zero-order valence-electron chi connectivity index (χ0n) is 32.6. The Hall–Kier alpha value is -5.20. The monoisotopic (exact) mass is 1030 g/mol. The average Bonchev–Trinajstić information content (AvgIpc) is 3.93. The largest absolute Gasteiger partial charge is 0.586 e. The Morgan fingerprint density at radius 2 is 1.27 bits per heavy atom. The van der Waals surface area contributed by atoms with Gasteiger partial charge in [0.25, 0.3) is 9.05 Å². The highest BCUT2D eigenvalue weighted by Gasteiger charge is 2.45. The number of imidazole rings is 1. The Balaban J connectivity index is 0.000000168. The highest BCUT2D eigenvalue weighted by Crippen LogP contribution is 2.45. The van der Waals surface area contributed by atoms with E-state index in [2.05, 4.69) is 39.9 Å². The van der Waals surface area contributed by atoms with Crippen LogP contribution in [0.15, 0.2) is 99.5 Å². The number of hydrogen-bond acceptors (Lipinski definition) is 13. The van der Waals surface area contributed by atoms with Gasteiger partial charge in [-0.3, -0.25) is 4.98 Å². The van der Waals surface area contributed by atoms with Crippen LogP contribution >= 0.6 is 38.2 Å². The summed E-state index contributed by atoms with van der Waals surface area (Å²) in [5, 5.41) is 0.448. The van der Waals surface area contributed by atoms with E-state index >= 15 is 0 Å². The van der Waals surface area contributed by atoms with E-state index in [0.29, 0.717) is 44.9 Å². The zero-order chi connectivity index (χ0) is 46.0. The number of halogens is 8. The summed E-state index contributed by atoms with van der Waals surface area (Å²) in [6.45, 7) is 3.40. The highest BCUT2D eigenvalue weighted by atomic mass is 79.9. The first-order chi connectivity index (χ1) is 30.0. The number of ether oxygens (including phenoxy) is 6. The number of fused-ring (bicyclic) bond motifs is 4. The van der Waals surface area contributed by atoms with Crippen molar-refractivity contribution < 1.29 is 67.2 Å². The Morgan fingerprint density at radius 1 is 0.719 bits per heavy atom. The smallest absolute Gasteiger partial charge is 0.423 e. The molecule has 0 bridgehead atoms. The van der Waals surface area contributed by atoms with Gasteiger partial charge < -0.3 is 33.0 Å². The molecule has 1 saturated heterocycles. The van der Waals surface area contributed by atoms with Crippen molar-refractivity contribution in [3.8, 4) is 45.9 Å².